The zero-order chi connectivity index (χ0) is 20.9. The number of rotatable bonds is 8. The summed E-state index contributed by atoms with van der Waals surface area (Å²) in [6.45, 7) is 0.204. The molecule has 0 saturated heterocycles. The number of aliphatic hydroxyl groups excluding tert-OH is 1. The van der Waals surface area contributed by atoms with Crippen molar-refractivity contribution in [1.29, 1.82) is 0 Å². The van der Waals surface area contributed by atoms with Crippen LogP contribution >= 0.6 is 0 Å². The van der Waals surface area contributed by atoms with Crippen LogP contribution in [0, 0.1) is 0 Å². The smallest absolute Gasteiger partial charge is 0.260 e. The normalized spacial score (nSPS) is 12.3. The summed E-state index contributed by atoms with van der Waals surface area (Å²) in [5, 5.41) is 31.4. The Kier molecular flexibility index (Phi) is 6.29. The van der Waals surface area contributed by atoms with E-state index < -0.39 is 17.7 Å². The Balaban J connectivity index is 1.82. The Morgan fingerprint density at radius 1 is 0.931 bits per heavy atom. The minimum absolute atomic E-state index is 0.0407. The molecule has 0 aromatic heterocycles. The molecule has 3 N–H and O–H groups in total. The SMILES string of the molecule is COc1ccc(C(O)C(O)(O)C(=O)c2ccccc2OCc2ccccc2)cc1. The molecule has 0 spiro atoms. The van der Waals surface area contributed by atoms with E-state index in [1.807, 2.05) is 30.3 Å². The van der Waals surface area contributed by atoms with Gasteiger partial charge in [-0.25, -0.2) is 0 Å². The van der Waals surface area contributed by atoms with Crippen molar-refractivity contribution in [2.45, 2.75) is 18.5 Å². The predicted octanol–water partition coefficient (Wildman–Crippen LogP) is 2.87. The maximum absolute atomic E-state index is 12.9. The number of carbonyl (C=O) groups is 1. The fourth-order valence-corrected chi connectivity index (χ4v) is 2.86. The van der Waals surface area contributed by atoms with Gasteiger partial charge < -0.3 is 24.8 Å². The molecule has 0 radical (unpaired) electrons. The average Bonchev–Trinajstić information content (AvgIpc) is 2.77. The van der Waals surface area contributed by atoms with E-state index in [0.717, 1.165) is 5.56 Å². The van der Waals surface area contributed by atoms with Crippen LogP contribution in [0.15, 0.2) is 78.9 Å². The predicted molar refractivity (Wildman–Crippen MR) is 107 cm³/mol. The molecule has 0 bridgehead atoms. The van der Waals surface area contributed by atoms with Gasteiger partial charge in [-0.3, -0.25) is 4.79 Å². The Morgan fingerprint density at radius 2 is 1.55 bits per heavy atom. The summed E-state index contributed by atoms with van der Waals surface area (Å²) in [5.74, 6) is -3.38. The second-order valence-electron chi connectivity index (χ2n) is 6.50. The second kappa shape index (κ2) is 8.87. The summed E-state index contributed by atoms with van der Waals surface area (Å²) in [7, 11) is 1.49. The van der Waals surface area contributed by atoms with Gasteiger partial charge >= 0.3 is 0 Å². The van der Waals surface area contributed by atoms with Crippen LogP contribution in [-0.2, 0) is 6.61 Å². The lowest BCUT2D eigenvalue weighted by atomic mass is 9.93. The van der Waals surface area contributed by atoms with Crippen LogP contribution in [0.4, 0.5) is 0 Å². The van der Waals surface area contributed by atoms with Crippen LogP contribution in [0.5, 0.6) is 11.5 Å². The molecule has 1 unspecified atom stereocenters. The van der Waals surface area contributed by atoms with Crippen molar-refractivity contribution in [2.24, 2.45) is 0 Å². The number of para-hydroxylation sites is 1. The van der Waals surface area contributed by atoms with Gasteiger partial charge in [0.25, 0.3) is 5.79 Å². The lowest BCUT2D eigenvalue weighted by molar-refractivity contribution is -0.189. The van der Waals surface area contributed by atoms with Crippen LogP contribution in [0.2, 0.25) is 0 Å². The van der Waals surface area contributed by atoms with Gasteiger partial charge in [-0.2, -0.15) is 0 Å². The van der Waals surface area contributed by atoms with Gasteiger partial charge in [0.2, 0.25) is 5.78 Å². The van der Waals surface area contributed by atoms with Crippen molar-refractivity contribution in [3.63, 3.8) is 0 Å². The van der Waals surface area contributed by atoms with Crippen molar-refractivity contribution >= 4 is 5.78 Å². The van der Waals surface area contributed by atoms with Crippen LogP contribution in [0.25, 0.3) is 0 Å². The number of aliphatic hydroxyl groups is 3. The lowest BCUT2D eigenvalue weighted by Crippen LogP contribution is -2.44. The topological polar surface area (TPSA) is 96.2 Å². The van der Waals surface area contributed by atoms with Crippen molar-refractivity contribution in [2.75, 3.05) is 7.11 Å². The number of carbonyl (C=O) groups excluding carboxylic acids is 1. The molecule has 3 aromatic rings. The molecule has 0 aliphatic heterocycles. The highest BCUT2D eigenvalue weighted by atomic mass is 16.5. The fraction of sp³-hybridized carbons (Fsp3) is 0.174. The molecule has 1 atom stereocenters. The first-order valence-electron chi connectivity index (χ1n) is 9.01. The van der Waals surface area contributed by atoms with Crippen LogP contribution in [0.3, 0.4) is 0 Å². The van der Waals surface area contributed by atoms with E-state index in [9.17, 15) is 20.1 Å². The Hall–Kier alpha value is -3.19. The molecule has 0 aliphatic carbocycles. The number of ketones is 1. The largest absolute Gasteiger partial charge is 0.497 e. The number of methoxy groups -OCH3 is 1. The maximum atomic E-state index is 12.9. The molecule has 0 heterocycles. The zero-order valence-electron chi connectivity index (χ0n) is 15.9. The molecule has 29 heavy (non-hydrogen) atoms. The maximum Gasteiger partial charge on any atom is 0.260 e. The van der Waals surface area contributed by atoms with Gasteiger partial charge in [-0.05, 0) is 35.4 Å². The molecule has 6 nitrogen and oxygen atoms in total. The van der Waals surface area contributed by atoms with Gasteiger partial charge in [0.15, 0.2) is 0 Å². The molecule has 0 amide bonds. The molecular formula is C23H22O6. The Morgan fingerprint density at radius 3 is 2.21 bits per heavy atom. The third-order valence-electron chi connectivity index (χ3n) is 4.52. The standard InChI is InChI=1S/C23H22O6/c1-28-18-13-11-17(12-14-18)21(24)23(26,27)22(25)19-9-5-6-10-20(19)29-15-16-7-3-2-4-8-16/h2-14,21,24,26-27H,15H2,1H3. The van der Waals surface area contributed by atoms with E-state index in [-0.39, 0.29) is 23.5 Å². The fourth-order valence-electron chi connectivity index (χ4n) is 2.86. The Labute approximate surface area is 168 Å². The summed E-state index contributed by atoms with van der Waals surface area (Å²) in [4.78, 5) is 12.9. The van der Waals surface area contributed by atoms with E-state index >= 15 is 0 Å². The van der Waals surface area contributed by atoms with Crippen LogP contribution < -0.4 is 9.47 Å². The summed E-state index contributed by atoms with van der Waals surface area (Å²) in [6.07, 6.45) is -1.86. The number of benzene rings is 3. The lowest BCUT2D eigenvalue weighted by Gasteiger charge is -2.27. The molecule has 0 aliphatic rings. The molecule has 150 valence electrons. The van der Waals surface area contributed by atoms with Gasteiger partial charge in [-0.1, -0.05) is 54.6 Å². The number of Topliss-reactive ketones (excluding diaryl/α,β-unsaturated/α-hetero) is 1. The minimum atomic E-state index is -3.04. The van der Waals surface area contributed by atoms with E-state index in [1.165, 1.54) is 25.3 Å². The van der Waals surface area contributed by atoms with Crippen molar-refractivity contribution in [3.05, 3.63) is 95.6 Å². The van der Waals surface area contributed by atoms with Gasteiger partial charge in [0.05, 0.1) is 12.7 Å². The average molecular weight is 394 g/mol. The number of ether oxygens (including phenoxy) is 2. The van der Waals surface area contributed by atoms with Gasteiger partial charge in [0, 0.05) is 0 Å². The van der Waals surface area contributed by atoms with Crippen molar-refractivity contribution < 1.29 is 29.6 Å². The van der Waals surface area contributed by atoms with E-state index in [2.05, 4.69) is 0 Å². The van der Waals surface area contributed by atoms with Crippen LogP contribution in [0.1, 0.15) is 27.6 Å². The summed E-state index contributed by atoms with van der Waals surface area (Å²) >= 11 is 0. The zero-order valence-corrected chi connectivity index (χ0v) is 15.9. The van der Waals surface area contributed by atoms with Gasteiger partial charge in [0.1, 0.15) is 24.2 Å². The van der Waals surface area contributed by atoms with Crippen molar-refractivity contribution in [1.82, 2.24) is 0 Å². The third-order valence-corrected chi connectivity index (χ3v) is 4.52. The molecular weight excluding hydrogens is 372 g/mol. The summed E-state index contributed by atoms with van der Waals surface area (Å²) in [5.41, 5.74) is 1.01. The molecule has 6 heteroatoms. The number of hydrogen-bond donors (Lipinski definition) is 3. The number of hydrogen-bond acceptors (Lipinski definition) is 6. The van der Waals surface area contributed by atoms with Crippen molar-refractivity contribution in [3.8, 4) is 11.5 Å². The first kappa shape index (κ1) is 20.5. The highest BCUT2D eigenvalue weighted by Crippen LogP contribution is 2.31. The molecule has 3 aromatic carbocycles. The monoisotopic (exact) mass is 394 g/mol. The first-order valence-corrected chi connectivity index (χ1v) is 9.01. The first-order chi connectivity index (χ1) is 13.9. The van der Waals surface area contributed by atoms with Gasteiger partial charge in [-0.15, -0.1) is 0 Å². The molecule has 0 fully saturated rings. The van der Waals surface area contributed by atoms with Crippen LogP contribution in [-0.4, -0.2) is 34.0 Å². The minimum Gasteiger partial charge on any atom is -0.497 e. The quantitative estimate of drug-likeness (QED) is 0.402. The summed E-state index contributed by atoms with van der Waals surface area (Å²) in [6, 6.07) is 21.6. The third kappa shape index (κ3) is 4.63. The molecule has 3 rings (SSSR count). The summed E-state index contributed by atoms with van der Waals surface area (Å²) < 4.78 is 10.8. The van der Waals surface area contributed by atoms with E-state index in [4.69, 9.17) is 9.47 Å². The highest BCUT2D eigenvalue weighted by Gasteiger charge is 2.43. The van der Waals surface area contributed by atoms with E-state index in [0.29, 0.717) is 5.75 Å². The molecule has 0 saturated carbocycles. The second-order valence-corrected chi connectivity index (χ2v) is 6.50. The van der Waals surface area contributed by atoms with E-state index in [1.54, 1.807) is 30.3 Å². The highest BCUT2D eigenvalue weighted by molar-refractivity contribution is 6.03. The Bertz CT molecular complexity index is 951.